The molecule has 116 valence electrons. The summed E-state index contributed by atoms with van der Waals surface area (Å²) in [4.78, 5) is 11.3. The summed E-state index contributed by atoms with van der Waals surface area (Å²) in [6.45, 7) is 0.806. The van der Waals surface area contributed by atoms with Gasteiger partial charge in [0.1, 0.15) is 6.04 Å². The largest absolute Gasteiger partial charge is 0.480 e. The van der Waals surface area contributed by atoms with E-state index in [4.69, 9.17) is 0 Å². The Labute approximate surface area is 127 Å². The van der Waals surface area contributed by atoms with Crippen LogP contribution in [-0.2, 0) is 11.2 Å². The molecule has 1 fully saturated rings. The second-order valence-corrected chi connectivity index (χ2v) is 6.18. The third kappa shape index (κ3) is 5.88. The molecule has 0 saturated heterocycles. The molecule has 1 aliphatic carbocycles. The minimum atomic E-state index is -0.753. The molecule has 0 heterocycles. The van der Waals surface area contributed by atoms with Crippen LogP contribution in [0.25, 0.3) is 0 Å². The molecule has 0 amide bonds. The van der Waals surface area contributed by atoms with E-state index in [-0.39, 0.29) is 0 Å². The van der Waals surface area contributed by atoms with E-state index in [0.717, 1.165) is 24.4 Å². The van der Waals surface area contributed by atoms with Crippen LogP contribution in [0.3, 0.4) is 0 Å². The monoisotopic (exact) mass is 289 g/mol. The maximum Gasteiger partial charge on any atom is 0.321 e. The first kappa shape index (κ1) is 16.0. The Hall–Kier alpha value is -1.35. The SMILES string of the molecule is O=C(O)[C@@H](Cc1ccccc1)NCCCC1CCCCC1. The van der Waals surface area contributed by atoms with Crippen molar-refractivity contribution in [3.05, 3.63) is 35.9 Å². The van der Waals surface area contributed by atoms with Gasteiger partial charge < -0.3 is 10.4 Å². The van der Waals surface area contributed by atoms with Crippen LogP contribution in [0.15, 0.2) is 30.3 Å². The molecule has 3 heteroatoms. The summed E-state index contributed by atoms with van der Waals surface area (Å²) in [5.41, 5.74) is 1.07. The summed E-state index contributed by atoms with van der Waals surface area (Å²) in [6, 6.07) is 9.36. The smallest absolute Gasteiger partial charge is 0.321 e. The van der Waals surface area contributed by atoms with E-state index in [0.29, 0.717) is 6.42 Å². The van der Waals surface area contributed by atoms with Crippen molar-refractivity contribution in [3.63, 3.8) is 0 Å². The minimum Gasteiger partial charge on any atom is -0.480 e. The van der Waals surface area contributed by atoms with Crippen LogP contribution < -0.4 is 5.32 Å². The summed E-state index contributed by atoms with van der Waals surface area (Å²) in [5, 5.41) is 12.5. The van der Waals surface area contributed by atoms with Crippen LogP contribution in [0, 0.1) is 5.92 Å². The van der Waals surface area contributed by atoms with Crippen LogP contribution in [-0.4, -0.2) is 23.7 Å². The zero-order chi connectivity index (χ0) is 14.9. The highest BCUT2D eigenvalue weighted by Crippen LogP contribution is 2.26. The van der Waals surface area contributed by atoms with Crippen molar-refractivity contribution in [2.24, 2.45) is 5.92 Å². The highest BCUT2D eigenvalue weighted by molar-refractivity contribution is 5.73. The van der Waals surface area contributed by atoms with E-state index in [1.165, 1.54) is 38.5 Å². The Balaban J connectivity index is 1.69. The number of carboxylic acid groups (broad SMARTS) is 1. The molecular formula is C18H27NO2. The average molecular weight is 289 g/mol. The van der Waals surface area contributed by atoms with Crippen LogP contribution in [0.2, 0.25) is 0 Å². The van der Waals surface area contributed by atoms with Gasteiger partial charge in [-0.1, -0.05) is 62.4 Å². The van der Waals surface area contributed by atoms with Crippen molar-refractivity contribution in [2.75, 3.05) is 6.54 Å². The quantitative estimate of drug-likeness (QED) is 0.718. The molecule has 0 unspecified atom stereocenters. The number of rotatable bonds is 8. The lowest BCUT2D eigenvalue weighted by molar-refractivity contribution is -0.139. The molecule has 1 atom stereocenters. The first-order chi connectivity index (χ1) is 10.3. The fraction of sp³-hybridized carbons (Fsp3) is 0.611. The molecule has 2 N–H and O–H groups in total. The van der Waals surface area contributed by atoms with Gasteiger partial charge in [-0.3, -0.25) is 4.79 Å². The van der Waals surface area contributed by atoms with E-state index in [1.54, 1.807) is 0 Å². The van der Waals surface area contributed by atoms with Gasteiger partial charge in [-0.2, -0.15) is 0 Å². The van der Waals surface area contributed by atoms with Gasteiger partial charge in [0.15, 0.2) is 0 Å². The third-order valence-electron chi connectivity index (χ3n) is 4.49. The lowest BCUT2D eigenvalue weighted by Gasteiger charge is -2.22. The topological polar surface area (TPSA) is 49.3 Å². The van der Waals surface area contributed by atoms with Gasteiger partial charge >= 0.3 is 5.97 Å². The van der Waals surface area contributed by atoms with Crippen LogP contribution in [0.1, 0.15) is 50.5 Å². The van der Waals surface area contributed by atoms with E-state index in [1.807, 2.05) is 30.3 Å². The Morgan fingerprint density at radius 2 is 1.90 bits per heavy atom. The summed E-state index contributed by atoms with van der Waals surface area (Å²) < 4.78 is 0. The maximum absolute atomic E-state index is 11.3. The van der Waals surface area contributed by atoms with Crippen LogP contribution >= 0.6 is 0 Å². The molecule has 0 aromatic heterocycles. The highest BCUT2D eigenvalue weighted by Gasteiger charge is 2.17. The minimum absolute atomic E-state index is 0.473. The van der Waals surface area contributed by atoms with Gasteiger partial charge in [-0.25, -0.2) is 0 Å². The molecule has 0 radical (unpaired) electrons. The normalized spacial score (nSPS) is 17.5. The number of carbonyl (C=O) groups is 1. The van der Waals surface area contributed by atoms with Crippen molar-refractivity contribution in [2.45, 2.75) is 57.4 Å². The van der Waals surface area contributed by atoms with Gasteiger partial charge in [0.05, 0.1) is 0 Å². The van der Waals surface area contributed by atoms with Crippen molar-refractivity contribution in [1.82, 2.24) is 5.32 Å². The molecule has 0 bridgehead atoms. The third-order valence-corrected chi connectivity index (χ3v) is 4.49. The molecular weight excluding hydrogens is 262 g/mol. The Morgan fingerprint density at radius 1 is 1.19 bits per heavy atom. The Kier molecular flexibility index (Phi) is 6.74. The fourth-order valence-corrected chi connectivity index (χ4v) is 3.24. The predicted molar refractivity (Wildman–Crippen MR) is 85.4 cm³/mol. The summed E-state index contributed by atoms with van der Waals surface area (Å²) in [6.07, 6.45) is 9.77. The zero-order valence-electron chi connectivity index (χ0n) is 12.8. The van der Waals surface area contributed by atoms with Gasteiger partial charge in [0.25, 0.3) is 0 Å². The first-order valence-electron chi connectivity index (χ1n) is 8.26. The van der Waals surface area contributed by atoms with Crippen LogP contribution in [0.5, 0.6) is 0 Å². The average Bonchev–Trinajstić information content (AvgIpc) is 2.52. The van der Waals surface area contributed by atoms with Crippen molar-refractivity contribution in [1.29, 1.82) is 0 Å². The fourth-order valence-electron chi connectivity index (χ4n) is 3.24. The molecule has 1 aliphatic rings. The number of nitrogens with one attached hydrogen (secondary N) is 1. The summed E-state index contributed by atoms with van der Waals surface area (Å²) in [7, 11) is 0. The van der Waals surface area contributed by atoms with Gasteiger partial charge in [0.2, 0.25) is 0 Å². The number of carboxylic acids is 1. The molecule has 1 aromatic rings. The Morgan fingerprint density at radius 3 is 2.57 bits per heavy atom. The maximum atomic E-state index is 11.3. The summed E-state index contributed by atoms with van der Waals surface area (Å²) >= 11 is 0. The van der Waals surface area contributed by atoms with Gasteiger partial charge in [-0.15, -0.1) is 0 Å². The number of hydrogen-bond acceptors (Lipinski definition) is 2. The standard InChI is InChI=1S/C18H27NO2/c20-18(21)17(14-16-10-5-2-6-11-16)19-13-7-12-15-8-3-1-4-9-15/h2,5-6,10-11,15,17,19H,1,3-4,7-9,12-14H2,(H,20,21)/t17-/m1/s1. The first-order valence-corrected chi connectivity index (χ1v) is 8.26. The zero-order valence-corrected chi connectivity index (χ0v) is 12.8. The molecule has 1 aromatic carbocycles. The second-order valence-electron chi connectivity index (χ2n) is 6.18. The number of benzene rings is 1. The highest BCUT2D eigenvalue weighted by atomic mass is 16.4. The van der Waals surface area contributed by atoms with Gasteiger partial charge in [0, 0.05) is 0 Å². The van der Waals surface area contributed by atoms with Crippen molar-refractivity contribution >= 4 is 5.97 Å². The van der Waals surface area contributed by atoms with Crippen LogP contribution in [0.4, 0.5) is 0 Å². The van der Waals surface area contributed by atoms with E-state index in [2.05, 4.69) is 5.32 Å². The van der Waals surface area contributed by atoms with Gasteiger partial charge in [-0.05, 0) is 37.3 Å². The number of aliphatic carboxylic acids is 1. The van der Waals surface area contributed by atoms with E-state index < -0.39 is 12.0 Å². The number of hydrogen-bond donors (Lipinski definition) is 2. The predicted octanol–water partition coefficient (Wildman–Crippen LogP) is 3.63. The molecule has 2 rings (SSSR count). The van der Waals surface area contributed by atoms with E-state index >= 15 is 0 Å². The second kappa shape index (κ2) is 8.83. The van der Waals surface area contributed by atoms with Crippen molar-refractivity contribution < 1.29 is 9.90 Å². The van der Waals surface area contributed by atoms with E-state index in [9.17, 15) is 9.90 Å². The molecule has 21 heavy (non-hydrogen) atoms. The lowest BCUT2D eigenvalue weighted by atomic mass is 9.86. The Bertz CT molecular complexity index is 412. The lowest BCUT2D eigenvalue weighted by Crippen LogP contribution is -2.39. The van der Waals surface area contributed by atoms with Crippen molar-refractivity contribution in [3.8, 4) is 0 Å². The molecule has 0 spiro atoms. The molecule has 3 nitrogen and oxygen atoms in total. The molecule has 0 aliphatic heterocycles. The molecule has 1 saturated carbocycles. The summed E-state index contributed by atoms with van der Waals surface area (Å²) in [5.74, 6) is 0.120.